The van der Waals surface area contributed by atoms with Crippen molar-refractivity contribution in [1.82, 2.24) is 0 Å². The van der Waals surface area contributed by atoms with Crippen molar-refractivity contribution in [1.29, 1.82) is 0 Å². The molecule has 0 amide bonds. The molecule has 0 N–H and O–H groups in total. The van der Waals surface area contributed by atoms with Crippen LogP contribution in [-0.4, -0.2) is 18.4 Å². The van der Waals surface area contributed by atoms with E-state index in [-0.39, 0.29) is 0 Å². The molecular weight excluding hydrogens is 233 g/mol. The van der Waals surface area contributed by atoms with Gasteiger partial charge in [-0.3, -0.25) is 0 Å². The Kier molecular flexibility index (Phi) is 3.14. The fourth-order valence-electron chi connectivity index (χ4n) is 1.77. The van der Waals surface area contributed by atoms with Crippen molar-refractivity contribution < 1.29 is 22.6 Å². The summed E-state index contributed by atoms with van der Waals surface area (Å²) < 4.78 is 47.8. The Labute approximate surface area is 97.3 Å². The monoisotopic (exact) mass is 246 g/mol. The van der Waals surface area contributed by atoms with E-state index in [0.29, 0.717) is 5.56 Å². The molecule has 1 aliphatic rings. The fraction of sp³-hybridized carbons (Fsp3) is 0.500. The van der Waals surface area contributed by atoms with E-state index in [9.17, 15) is 13.2 Å². The van der Waals surface area contributed by atoms with Gasteiger partial charge in [-0.05, 0) is 13.8 Å². The molecule has 0 unspecified atom stereocenters. The molecule has 0 radical (unpaired) electrons. The number of rotatable bonds is 1. The van der Waals surface area contributed by atoms with Crippen molar-refractivity contribution in [3.63, 3.8) is 0 Å². The van der Waals surface area contributed by atoms with Gasteiger partial charge in [0.2, 0.25) is 0 Å². The first-order chi connectivity index (χ1) is 7.88. The normalized spacial score (nSPS) is 29.6. The minimum absolute atomic E-state index is 0.606. The van der Waals surface area contributed by atoms with Gasteiger partial charge in [0.05, 0.1) is 6.10 Å². The summed E-state index contributed by atoms with van der Waals surface area (Å²) in [4.78, 5) is 0. The first-order valence-corrected chi connectivity index (χ1v) is 5.32. The molecule has 0 spiro atoms. The highest BCUT2D eigenvalue weighted by Crippen LogP contribution is 2.38. The van der Waals surface area contributed by atoms with Gasteiger partial charge in [0.25, 0.3) is 0 Å². The van der Waals surface area contributed by atoms with E-state index in [4.69, 9.17) is 9.47 Å². The predicted molar refractivity (Wildman–Crippen MR) is 55.4 cm³/mol. The van der Waals surface area contributed by atoms with Crippen molar-refractivity contribution in [3.8, 4) is 0 Å². The molecule has 2 rings (SSSR count). The van der Waals surface area contributed by atoms with Crippen LogP contribution in [0.25, 0.3) is 0 Å². The van der Waals surface area contributed by atoms with Crippen LogP contribution in [0.2, 0.25) is 0 Å². The molecule has 1 aromatic carbocycles. The van der Waals surface area contributed by atoms with Gasteiger partial charge in [0, 0.05) is 5.56 Å². The Morgan fingerprint density at radius 1 is 1.06 bits per heavy atom. The molecule has 0 aromatic heterocycles. The van der Waals surface area contributed by atoms with Gasteiger partial charge < -0.3 is 9.47 Å². The first kappa shape index (κ1) is 12.4. The fourth-order valence-corrected chi connectivity index (χ4v) is 1.77. The molecule has 5 heteroatoms. The molecule has 1 saturated heterocycles. The molecule has 1 aliphatic heterocycles. The summed E-state index contributed by atoms with van der Waals surface area (Å²) in [5.74, 6) is 0. The van der Waals surface area contributed by atoms with Gasteiger partial charge in [0.15, 0.2) is 12.4 Å². The van der Waals surface area contributed by atoms with E-state index >= 15 is 0 Å². The minimum Gasteiger partial charge on any atom is -0.342 e. The Morgan fingerprint density at radius 2 is 1.65 bits per heavy atom. The summed E-state index contributed by atoms with van der Waals surface area (Å²) in [5, 5.41) is 0. The predicted octanol–water partition coefficient (Wildman–Crippen LogP) is 3.36. The number of benzene rings is 1. The lowest BCUT2D eigenvalue weighted by Gasteiger charge is -2.16. The number of halogens is 3. The Balaban J connectivity index is 2.14. The van der Waals surface area contributed by atoms with Crippen LogP contribution in [0.1, 0.15) is 24.3 Å². The second-order valence-corrected chi connectivity index (χ2v) is 4.18. The molecule has 1 heterocycles. The molecule has 0 aliphatic carbocycles. The first-order valence-electron chi connectivity index (χ1n) is 5.32. The molecule has 17 heavy (non-hydrogen) atoms. The summed E-state index contributed by atoms with van der Waals surface area (Å²) in [6, 6.07) is 7.05. The maximum Gasteiger partial charge on any atom is 0.417 e. The number of hydrogen-bond acceptors (Lipinski definition) is 2. The van der Waals surface area contributed by atoms with Gasteiger partial charge in [0.1, 0.15) is 0 Å². The van der Waals surface area contributed by atoms with E-state index in [1.165, 1.54) is 6.92 Å². The maximum atomic E-state index is 12.6. The van der Waals surface area contributed by atoms with Gasteiger partial charge in [-0.15, -0.1) is 0 Å². The largest absolute Gasteiger partial charge is 0.417 e. The van der Waals surface area contributed by atoms with Crippen molar-refractivity contribution in [3.05, 3.63) is 35.4 Å². The van der Waals surface area contributed by atoms with E-state index in [1.807, 2.05) is 19.1 Å². The lowest BCUT2D eigenvalue weighted by Crippen LogP contribution is -2.35. The van der Waals surface area contributed by atoms with Crippen LogP contribution in [0.4, 0.5) is 13.2 Å². The zero-order valence-corrected chi connectivity index (χ0v) is 9.49. The van der Waals surface area contributed by atoms with Crippen LogP contribution >= 0.6 is 0 Å². The Hall–Kier alpha value is -1.07. The Morgan fingerprint density at radius 3 is 2.12 bits per heavy atom. The molecule has 0 saturated carbocycles. The highest BCUT2D eigenvalue weighted by atomic mass is 19.4. The lowest BCUT2D eigenvalue weighted by atomic mass is 10.1. The van der Waals surface area contributed by atoms with Gasteiger partial charge in [-0.1, -0.05) is 29.8 Å². The van der Waals surface area contributed by atoms with Gasteiger partial charge in [-0.25, -0.2) is 0 Å². The molecule has 1 aromatic rings. The number of hydrogen-bond donors (Lipinski definition) is 0. The summed E-state index contributed by atoms with van der Waals surface area (Å²) in [6.45, 7) is 3.27. The zero-order chi connectivity index (χ0) is 12.6. The van der Waals surface area contributed by atoms with Gasteiger partial charge in [-0.2, -0.15) is 13.2 Å². The number of aryl methyl sites for hydroxylation is 1. The third kappa shape index (κ3) is 2.61. The van der Waals surface area contributed by atoms with Crippen molar-refractivity contribution in [2.75, 3.05) is 0 Å². The average molecular weight is 246 g/mol. The van der Waals surface area contributed by atoms with Crippen molar-refractivity contribution in [2.45, 2.75) is 38.5 Å². The highest BCUT2D eigenvalue weighted by Gasteiger charge is 2.51. The van der Waals surface area contributed by atoms with Crippen LogP contribution < -0.4 is 0 Å². The van der Waals surface area contributed by atoms with Crippen LogP contribution in [0, 0.1) is 6.92 Å². The second kappa shape index (κ2) is 4.31. The lowest BCUT2D eigenvalue weighted by molar-refractivity contribution is -0.218. The molecule has 0 bridgehead atoms. The third-order valence-electron chi connectivity index (χ3n) is 2.71. The number of alkyl halides is 3. The summed E-state index contributed by atoms with van der Waals surface area (Å²) >= 11 is 0. The van der Waals surface area contributed by atoms with Crippen LogP contribution in [0.15, 0.2) is 24.3 Å². The topological polar surface area (TPSA) is 18.5 Å². The molecular formula is C12H13F3O2. The molecule has 94 valence electrons. The van der Waals surface area contributed by atoms with E-state index in [2.05, 4.69) is 0 Å². The molecule has 1 fully saturated rings. The Bertz CT molecular complexity index is 386. The van der Waals surface area contributed by atoms with Crippen LogP contribution in [-0.2, 0) is 9.47 Å². The average Bonchev–Trinajstić information content (AvgIpc) is 2.61. The van der Waals surface area contributed by atoms with Crippen LogP contribution in [0.3, 0.4) is 0 Å². The summed E-state index contributed by atoms with van der Waals surface area (Å²) in [7, 11) is 0. The molecule has 2 nitrogen and oxygen atoms in total. The third-order valence-corrected chi connectivity index (χ3v) is 2.71. The van der Waals surface area contributed by atoms with Gasteiger partial charge >= 0.3 is 6.18 Å². The quantitative estimate of drug-likeness (QED) is 0.756. The van der Waals surface area contributed by atoms with Crippen LogP contribution in [0.5, 0.6) is 0 Å². The van der Waals surface area contributed by atoms with Crippen molar-refractivity contribution >= 4 is 0 Å². The smallest absolute Gasteiger partial charge is 0.342 e. The highest BCUT2D eigenvalue weighted by molar-refractivity contribution is 5.22. The van der Waals surface area contributed by atoms with E-state index in [1.54, 1.807) is 12.1 Å². The SMILES string of the molecule is Cc1ccc([C@@H]2O[C@@H](C)[C@@H](C(F)(F)F)O2)cc1. The summed E-state index contributed by atoms with van der Waals surface area (Å²) in [6.07, 6.45) is -8.16. The minimum atomic E-state index is -4.39. The molecule has 3 atom stereocenters. The van der Waals surface area contributed by atoms with E-state index < -0.39 is 24.7 Å². The number of ether oxygens (including phenoxy) is 2. The summed E-state index contributed by atoms with van der Waals surface area (Å²) in [5.41, 5.74) is 1.64. The maximum absolute atomic E-state index is 12.6. The van der Waals surface area contributed by atoms with E-state index in [0.717, 1.165) is 5.56 Å². The van der Waals surface area contributed by atoms with Crippen molar-refractivity contribution in [2.24, 2.45) is 0 Å². The second-order valence-electron chi connectivity index (χ2n) is 4.18. The zero-order valence-electron chi connectivity index (χ0n) is 9.49. The standard InChI is InChI=1S/C12H13F3O2/c1-7-3-5-9(6-4-7)11-16-8(2)10(17-11)12(13,14)15/h3-6,8,10-11H,1-2H3/t8-,10-,11+/m0/s1.